The summed E-state index contributed by atoms with van der Waals surface area (Å²) in [6.45, 7) is 0. The van der Waals surface area contributed by atoms with Crippen molar-refractivity contribution in [2.45, 2.75) is 51.0 Å². The molecule has 1 atom stereocenters. The molecule has 4 rings (SSSR count). The lowest BCUT2D eigenvalue weighted by Gasteiger charge is -2.57. The first-order chi connectivity index (χ1) is 8.10. The van der Waals surface area contributed by atoms with Crippen LogP contribution < -0.4 is 5.32 Å². The lowest BCUT2D eigenvalue weighted by Crippen LogP contribution is -2.50. The van der Waals surface area contributed by atoms with Crippen molar-refractivity contribution in [1.29, 1.82) is 0 Å². The Morgan fingerprint density at radius 2 is 1.71 bits per heavy atom. The zero-order valence-corrected chi connectivity index (χ0v) is 10.6. The first-order valence-electron chi connectivity index (χ1n) is 7.00. The van der Waals surface area contributed by atoms with E-state index in [4.69, 9.17) is 0 Å². The fourth-order valence-corrected chi connectivity index (χ4v) is 5.29. The van der Waals surface area contributed by atoms with E-state index < -0.39 is 5.97 Å². The van der Waals surface area contributed by atoms with E-state index in [1.807, 2.05) is 0 Å². The molecule has 0 spiro atoms. The Hall–Kier alpha value is -0.570. The van der Waals surface area contributed by atoms with E-state index in [1.54, 1.807) is 7.05 Å². The van der Waals surface area contributed by atoms with Gasteiger partial charge in [-0.1, -0.05) is 0 Å². The molecule has 4 bridgehead atoms. The van der Waals surface area contributed by atoms with Crippen molar-refractivity contribution in [2.24, 2.45) is 23.2 Å². The molecule has 3 nitrogen and oxygen atoms in total. The molecule has 4 saturated carbocycles. The van der Waals surface area contributed by atoms with Gasteiger partial charge in [0.05, 0.1) is 0 Å². The van der Waals surface area contributed by atoms with Crippen LogP contribution in [0.15, 0.2) is 0 Å². The maximum atomic E-state index is 11.2. The van der Waals surface area contributed by atoms with Crippen molar-refractivity contribution in [2.75, 3.05) is 7.05 Å². The van der Waals surface area contributed by atoms with Gasteiger partial charge in [-0.3, -0.25) is 4.79 Å². The Morgan fingerprint density at radius 3 is 2.06 bits per heavy atom. The topological polar surface area (TPSA) is 49.3 Å². The summed E-state index contributed by atoms with van der Waals surface area (Å²) in [4.78, 5) is 11.2. The minimum absolute atomic E-state index is 0.341. The highest BCUT2D eigenvalue weighted by Gasteiger charge is 2.51. The summed E-state index contributed by atoms with van der Waals surface area (Å²) < 4.78 is 0. The van der Waals surface area contributed by atoms with Gasteiger partial charge in [0.15, 0.2) is 0 Å². The van der Waals surface area contributed by atoms with Crippen LogP contribution in [0.5, 0.6) is 0 Å². The van der Waals surface area contributed by atoms with E-state index in [1.165, 1.54) is 38.5 Å². The normalized spacial score (nSPS) is 44.9. The molecule has 17 heavy (non-hydrogen) atoms. The Kier molecular flexibility index (Phi) is 2.69. The second kappa shape index (κ2) is 3.98. The van der Waals surface area contributed by atoms with Gasteiger partial charge in [-0.05, 0) is 75.2 Å². The van der Waals surface area contributed by atoms with Crippen LogP contribution in [0.25, 0.3) is 0 Å². The summed E-state index contributed by atoms with van der Waals surface area (Å²) in [7, 11) is 1.78. The first kappa shape index (κ1) is 11.5. The number of aliphatic carboxylic acids is 1. The average Bonchev–Trinajstić information content (AvgIpc) is 2.23. The summed E-state index contributed by atoms with van der Waals surface area (Å²) in [5.74, 6) is 2.05. The van der Waals surface area contributed by atoms with E-state index in [0.29, 0.717) is 5.41 Å². The molecule has 2 N–H and O–H groups in total. The van der Waals surface area contributed by atoms with Gasteiger partial charge in [0.2, 0.25) is 0 Å². The quantitative estimate of drug-likeness (QED) is 0.788. The van der Waals surface area contributed by atoms with Crippen molar-refractivity contribution >= 4 is 5.97 Å². The molecule has 4 aliphatic carbocycles. The summed E-state index contributed by atoms with van der Waals surface area (Å²) in [6.07, 6.45) is 9.02. The molecule has 3 heteroatoms. The van der Waals surface area contributed by atoms with Crippen LogP contribution in [0, 0.1) is 23.2 Å². The van der Waals surface area contributed by atoms with Crippen LogP contribution in [0.2, 0.25) is 0 Å². The number of hydrogen-bond acceptors (Lipinski definition) is 2. The SMILES string of the molecule is CNC(CC12CC3CC(CC(C3)C1)C2)C(=O)O. The molecule has 0 heterocycles. The van der Waals surface area contributed by atoms with Gasteiger partial charge in [0, 0.05) is 0 Å². The van der Waals surface area contributed by atoms with Gasteiger partial charge in [0.25, 0.3) is 0 Å². The minimum atomic E-state index is -0.678. The number of nitrogens with one attached hydrogen (secondary N) is 1. The molecule has 96 valence electrons. The largest absolute Gasteiger partial charge is 0.480 e. The summed E-state index contributed by atoms with van der Waals surface area (Å²) in [5, 5.41) is 12.2. The highest BCUT2D eigenvalue weighted by molar-refractivity contribution is 5.73. The van der Waals surface area contributed by atoms with Crippen molar-refractivity contribution < 1.29 is 9.90 Å². The number of carboxylic acid groups (broad SMARTS) is 1. The molecule has 0 saturated heterocycles. The molecule has 0 amide bonds. The Morgan fingerprint density at radius 1 is 1.24 bits per heavy atom. The smallest absolute Gasteiger partial charge is 0.320 e. The Bertz CT molecular complexity index is 291. The van der Waals surface area contributed by atoms with Crippen molar-refractivity contribution in [3.05, 3.63) is 0 Å². The van der Waals surface area contributed by atoms with Crippen LogP contribution in [-0.2, 0) is 4.79 Å². The highest BCUT2D eigenvalue weighted by atomic mass is 16.4. The summed E-state index contributed by atoms with van der Waals surface area (Å²) >= 11 is 0. The van der Waals surface area contributed by atoms with Crippen molar-refractivity contribution in [3.63, 3.8) is 0 Å². The van der Waals surface area contributed by atoms with E-state index in [2.05, 4.69) is 5.32 Å². The third-order valence-electron chi connectivity index (χ3n) is 5.45. The van der Waals surface area contributed by atoms with Gasteiger partial charge in [-0.15, -0.1) is 0 Å². The summed E-state index contributed by atoms with van der Waals surface area (Å²) in [5.41, 5.74) is 0.362. The van der Waals surface area contributed by atoms with Crippen molar-refractivity contribution in [1.82, 2.24) is 5.32 Å². The minimum Gasteiger partial charge on any atom is -0.480 e. The Labute approximate surface area is 103 Å². The molecular formula is C14H23NO2. The maximum absolute atomic E-state index is 11.2. The van der Waals surface area contributed by atoms with Crippen LogP contribution in [0.4, 0.5) is 0 Å². The van der Waals surface area contributed by atoms with Crippen LogP contribution in [0.1, 0.15) is 44.9 Å². The van der Waals surface area contributed by atoms with E-state index >= 15 is 0 Å². The number of carboxylic acids is 1. The third kappa shape index (κ3) is 1.99. The molecule has 0 aromatic heterocycles. The fraction of sp³-hybridized carbons (Fsp3) is 0.929. The van der Waals surface area contributed by atoms with Gasteiger partial charge in [-0.2, -0.15) is 0 Å². The van der Waals surface area contributed by atoms with E-state index in [-0.39, 0.29) is 6.04 Å². The first-order valence-corrected chi connectivity index (χ1v) is 7.00. The predicted molar refractivity (Wildman–Crippen MR) is 65.7 cm³/mol. The second-order valence-corrected chi connectivity index (χ2v) is 6.80. The zero-order valence-electron chi connectivity index (χ0n) is 10.6. The van der Waals surface area contributed by atoms with Crippen LogP contribution in [-0.4, -0.2) is 24.2 Å². The van der Waals surface area contributed by atoms with E-state index in [0.717, 1.165) is 24.2 Å². The van der Waals surface area contributed by atoms with Gasteiger partial charge in [0.1, 0.15) is 6.04 Å². The monoisotopic (exact) mass is 237 g/mol. The lowest BCUT2D eigenvalue weighted by atomic mass is 9.48. The average molecular weight is 237 g/mol. The molecule has 0 aromatic rings. The maximum Gasteiger partial charge on any atom is 0.320 e. The van der Waals surface area contributed by atoms with Crippen LogP contribution in [0.3, 0.4) is 0 Å². The third-order valence-corrected chi connectivity index (χ3v) is 5.45. The van der Waals surface area contributed by atoms with Crippen LogP contribution >= 0.6 is 0 Å². The molecular weight excluding hydrogens is 214 g/mol. The zero-order chi connectivity index (χ0) is 12.0. The molecule has 0 aliphatic heterocycles. The number of rotatable bonds is 4. The molecule has 4 fully saturated rings. The van der Waals surface area contributed by atoms with Gasteiger partial charge >= 0.3 is 5.97 Å². The number of hydrogen-bond donors (Lipinski definition) is 2. The second-order valence-electron chi connectivity index (χ2n) is 6.80. The Balaban J connectivity index is 1.75. The number of likely N-dealkylation sites (N-methyl/N-ethyl adjacent to an activating group) is 1. The molecule has 4 aliphatic rings. The standard InChI is InChI=1S/C14H23NO2/c1-15-12(13(16)17)8-14-5-9-2-10(6-14)4-11(3-9)7-14/h9-12,15H,2-8H2,1H3,(H,16,17). The molecule has 0 radical (unpaired) electrons. The van der Waals surface area contributed by atoms with Gasteiger partial charge < -0.3 is 10.4 Å². The predicted octanol–water partition coefficient (Wildman–Crippen LogP) is 2.27. The highest BCUT2D eigenvalue weighted by Crippen LogP contribution is 2.61. The molecule has 0 aromatic carbocycles. The molecule has 1 unspecified atom stereocenters. The number of carbonyl (C=O) groups is 1. The van der Waals surface area contributed by atoms with Crippen molar-refractivity contribution in [3.8, 4) is 0 Å². The summed E-state index contributed by atoms with van der Waals surface area (Å²) in [6, 6.07) is -0.341. The van der Waals surface area contributed by atoms with Gasteiger partial charge in [-0.25, -0.2) is 0 Å². The fourth-order valence-electron chi connectivity index (χ4n) is 5.29. The van der Waals surface area contributed by atoms with E-state index in [9.17, 15) is 9.90 Å². The lowest BCUT2D eigenvalue weighted by molar-refractivity contribution is -0.142.